The van der Waals surface area contributed by atoms with Crippen LogP contribution in [-0.4, -0.2) is 23.7 Å². The number of halogens is 1. The van der Waals surface area contributed by atoms with Gasteiger partial charge in [-0.2, -0.15) is 0 Å². The van der Waals surface area contributed by atoms with Crippen molar-refractivity contribution < 1.29 is 19.4 Å². The summed E-state index contributed by atoms with van der Waals surface area (Å²) in [6, 6.07) is 23.2. The van der Waals surface area contributed by atoms with Gasteiger partial charge in [-0.1, -0.05) is 72.3 Å². The lowest BCUT2D eigenvalue weighted by Gasteiger charge is -2.16. The SMILES string of the molecule is O=C(C[C@H](Cc1ccc(Cl)cc1)C(=O)O)OCC1c2ccccc2-c2ccccc21. The molecule has 0 unspecified atom stereocenters. The highest BCUT2D eigenvalue weighted by Gasteiger charge is 2.30. The Morgan fingerprint density at radius 3 is 2.03 bits per heavy atom. The molecule has 4 rings (SSSR count). The average molecular weight is 421 g/mol. The number of carbonyl (C=O) groups is 2. The summed E-state index contributed by atoms with van der Waals surface area (Å²) in [5.74, 6) is -2.40. The van der Waals surface area contributed by atoms with Gasteiger partial charge in [-0.15, -0.1) is 0 Å². The van der Waals surface area contributed by atoms with Crippen molar-refractivity contribution in [3.63, 3.8) is 0 Å². The Kier molecular flexibility index (Phi) is 5.86. The van der Waals surface area contributed by atoms with Crippen LogP contribution in [0.1, 0.15) is 29.0 Å². The number of rotatable bonds is 7. The van der Waals surface area contributed by atoms with Gasteiger partial charge in [0.15, 0.2) is 0 Å². The lowest BCUT2D eigenvalue weighted by molar-refractivity contribution is -0.151. The number of carbonyl (C=O) groups excluding carboxylic acids is 1. The smallest absolute Gasteiger partial charge is 0.307 e. The number of hydrogen-bond acceptors (Lipinski definition) is 3. The third kappa shape index (κ3) is 4.24. The molecule has 0 aromatic heterocycles. The Morgan fingerprint density at radius 2 is 1.47 bits per heavy atom. The monoisotopic (exact) mass is 420 g/mol. The molecule has 0 fully saturated rings. The maximum Gasteiger partial charge on any atom is 0.307 e. The van der Waals surface area contributed by atoms with Crippen LogP contribution in [0.5, 0.6) is 0 Å². The molecule has 3 aromatic carbocycles. The molecule has 3 aromatic rings. The van der Waals surface area contributed by atoms with E-state index in [2.05, 4.69) is 24.3 Å². The molecule has 5 heteroatoms. The lowest BCUT2D eigenvalue weighted by atomic mass is 9.96. The molecular formula is C25H21ClO4. The second-order valence-corrected chi connectivity index (χ2v) is 7.92. The summed E-state index contributed by atoms with van der Waals surface area (Å²) >= 11 is 5.88. The van der Waals surface area contributed by atoms with Crippen molar-refractivity contribution in [3.8, 4) is 11.1 Å². The molecule has 0 saturated heterocycles. The lowest BCUT2D eigenvalue weighted by Crippen LogP contribution is -2.22. The van der Waals surface area contributed by atoms with E-state index in [1.165, 1.54) is 0 Å². The molecule has 4 nitrogen and oxygen atoms in total. The van der Waals surface area contributed by atoms with Crippen molar-refractivity contribution in [3.05, 3.63) is 94.5 Å². The van der Waals surface area contributed by atoms with Crippen molar-refractivity contribution in [2.24, 2.45) is 5.92 Å². The minimum absolute atomic E-state index is 0.0408. The number of esters is 1. The molecule has 30 heavy (non-hydrogen) atoms. The number of hydrogen-bond donors (Lipinski definition) is 1. The maximum atomic E-state index is 12.5. The number of aliphatic carboxylic acids is 1. The van der Waals surface area contributed by atoms with Crippen molar-refractivity contribution in [2.45, 2.75) is 18.8 Å². The van der Waals surface area contributed by atoms with Gasteiger partial charge in [-0.05, 0) is 46.4 Å². The van der Waals surface area contributed by atoms with Gasteiger partial charge in [0, 0.05) is 10.9 Å². The van der Waals surface area contributed by atoms with Gasteiger partial charge in [0.25, 0.3) is 0 Å². The number of carboxylic acids is 1. The maximum absolute atomic E-state index is 12.5. The third-order valence-electron chi connectivity index (χ3n) is 5.53. The fourth-order valence-electron chi connectivity index (χ4n) is 4.03. The van der Waals surface area contributed by atoms with Crippen molar-refractivity contribution >= 4 is 23.5 Å². The number of benzene rings is 3. The normalized spacial score (nSPS) is 13.4. The van der Waals surface area contributed by atoms with E-state index in [9.17, 15) is 14.7 Å². The second kappa shape index (κ2) is 8.72. The number of fused-ring (bicyclic) bond motifs is 3. The van der Waals surface area contributed by atoms with Crippen LogP contribution in [0.3, 0.4) is 0 Å². The Bertz CT molecular complexity index is 1030. The first kappa shape index (κ1) is 20.2. The number of ether oxygens (including phenoxy) is 1. The summed E-state index contributed by atoms with van der Waals surface area (Å²) in [6.45, 7) is 0.195. The van der Waals surface area contributed by atoms with Gasteiger partial charge in [-0.3, -0.25) is 9.59 Å². The van der Waals surface area contributed by atoms with E-state index < -0.39 is 17.9 Å². The zero-order chi connectivity index (χ0) is 21.1. The zero-order valence-electron chi connectivity index (χ0n) is 16.3. The molecule has 0 amide bonds. The fourth-order valence-corrected chi connectivity index (χ4v) is 4.15. The quantitative estimate of drug-likeness (QED) is 0.525. The highest BCUT2D eigenvalue weighted by molar-refractivity contribution is 6.30. The van der Waals surface area contributed by atoms with E-state index in [0.29, 0.717) is 5.02 Å². The molecule has 0 spiro atoms. The summed E-state index contributed by atoms with van der Waals surface area (Å²) in [6.07, 6.45) is 0.0741. The van der Waals surface area contributed by atoms with Crippen LogP contribution in [0.25, 0.3) is 11.1 Å². The second-order valence-electron chi connectivity index (χ2n) is 7.48. The Hall–Kier alpha value is -3.11. The molecule has 152 valence electrons. The molecular weight excluding hydrogens is 400 g/mol. The minimum Gasteiger partial charge on any atom is -0.481 e. The molecule has 0 bridgehead atoms. The van der Waals surface area contributed by atoms with Gasteiger partial charge in [-0.25, -0.2) is 0 Å². The predicted octanol–water partition coefficient (Wildman–Crippen LogP) is 5.33. The Balaban J connectivity index is 1.43. The molecule has 1 atom stereocenters. The summed E-state index contributed by atoms with van der Waals surface area (Å²) in [4.78, 5) is 24.1. The van der Waals surface area contributed by atoms with Gasteiger partial charge in [0.05, 0.1) is 12.3 Å². The van der Waals surface area contributed by atoms with Crippen LogP contribution >= 0.6 is 11.6 Å². The van der Waals surface area contributed by atoms with E-state index in [1.54, 1.807) is 24.3 Å². The first-order valence-corrected chi connectivity index (χ1v) is 10.2. The molecule has 1 aliphatic carbocycles. The van der Waals surface area contributed by atoms with E-state index >= 15 is 0 Å². The molecule has 0 saturated carbocycles. The average Bonchev–Trinajstić information content (AvgIpc) is 3.07. The third-order valence-corrected chi connectivity index (χ3v) is 5.78. The van der Waals surface area contributed by atoms with E-state index in [4.69, 9.17) is 16.3 Å². The standard InChI is InChI=1S/C25H21ClO4/c26-18-11-9-16(10-12-18)13-17(25(28)29)14-24(27)30-15-23-21-7-3-1-5-19(21)20-6-2-4-8-22(20)23/h1-12,17,23H,13-15H2,(H,28,29)/t17-/m0/s1. The van der Waals surface area contributed by atoms with Crippen LogP contribution in [-0.2, 0) is 20.7 Å². The number of carboxylic acid groups (broad SMARTS) is 1. The summed E-state index contributed by atoms with van der Waals surface area (Å²) in [5.41, 5.74) is 5.38. The van der Waals surface area contributed by atoms with Gasteiger partial charge in [0.1, 0.15) is 6.61 Å². The van der Waals surface area contributed by atoms with Crippen LogP contribution in [0.2, 0.25) is 5.02 Å². The highest BCUT2D eigenvalue weighted by atomic mass is 35.5. The predicted molar refractivity (Wildman–Crippen MR) is 116 cm³/mol. The first-order valence-electron chi connectivity index (χ1n) is 9.84. The van der Waals surface area contributed by atoms with Crippen LogP contribution in [0.4, 0.5) is 0 Å². The molecule has 0 heterocycles. The van der Waals surface area contributed by atoms with E-state index in [0.717, 1.165) is 27.8 Å². The van der Waals surface area contributed by atoms with E-state index in [-0.39, 0.29) is 25.4 Å². The topological polar surface area (TPSA) is 63.6 Å². The van der Waals surface area contributed by atoms with Crippen molar-refractivity contribution in [1.82, 2.24) is 0 Å². The fraction of sp³-hybridized carbons (Fsp3) is 0.200. The van der Waals surface area contributed by atoms with Crippen molar-refractivity contribution in [1.29, 1.82) is 0 Å². The van der Waals surface area contributed by atoms with E-state index in [1.807, 2.05) is 24.3 Å². The minimum atomic E-state index is -1.02. The first-order chi connectivity index (χ1) is 14.5. The van der Waals surface area contributed by atoms with Gasteiger partial charge < -0.3 is 9.84 Å². The largest absolute Gasteiger partial charge is 0.481 e. The highest BCUT2D eigenvalue weighted by Crippen LogP contribution is 2.44. The summed E-state index contributed by atoms with van der Waals surface area (Å²) in [5, 5.41) is 10.1. The molecule has 1 aliphatic rings. The van der Waals surface area contributed by atoms with Crippen LogP contribution < -0.4 is 0 Å². The summed E-state index contributed by atoms with van der Waals surface area (Å²) < 4.78 is 5.55. The molecule has 1 N–H and O–H groups in total. The summed E-state index contributed by atoms with van der Waals surface area (Å²) in [7, 11) is 0. The van der Waals surface area contributed by atoms with Gasteiger partial charge in [0.2, 0.25) is 0 Å². The van der Waals surface area contributed by atoms with Crippen LogP contribution in [0, 0.1) is 5.92 Å². The van der Waals surface area contributed by atoms with Crippen molar-refractivity contribution in [2.75, 3.05) is 6.61 Å². The zero-order valence-corrected chi connectivity index (χ0v) is 17.0. The Labute approximate surface area is 180 Å². The molecule has 0 aliphatic heterocycles. The van der Waals surface area contributed by atoms with Gasteiger partial charge >= 0.3 is 11.9 Å². The van der Waals surface area contributed by atoms with Crippen LogP contribution in [0.15, 0.2) is 72.8 Å². The Morgan fingerprint density at radius 1 is 0.900 bits per heavy atom. The molecule has 0 radical (unpaired) electrons.